The second-order valence-corrected chi connectivity index (χ2v) is 6.11. The summed E-state index contributed by atoms with van der Waals surface area (Å²) in [6.45, 7) is 5.07. The Balaban J connectivity index is 2.08. The lowest BCUT2D eigenvalue weighted by atomic mass is 10.1. The normalized spacial score (nSPS) is 11.5. The van der Waals surface area contributed by atoms with Crippen molar-refractivity contribution in [3.8, 4) is 0 Å². The predicted molar refractivity (Wildman–Crippen MR) is 99.3 cm³/mol. The van der Waals surface area contributed by atoms with Crippen molar-refractivity contribution in [2.24, 2.45) is 0 Å². The number of benzene rings is 1. The Morgan fingerprint density at radius 1 is 1.22 bits per heavy atom. The first-order chi connectivity index (χ1) is 12.9. The van der Waals surface area contributed by atoms with E-state index >= 15 is 0 Å². The number of carbonyl (C=O) groups excluding carboxylic acids is 3. The SMILES string of the molecule is CCCCC(OC(=O)c1cccc(NC(C)=O)c1)C(=O)Nc1cc(C)on1. The lowest BCUT2D eigenvalue weighted by Gasteiger charge is -2.17. The van der Waals surface area contributed by atoms with Crippen LogP contribution in [-0.4, -0.2) is 29.0 Å². The van der Waals surface area contributed by atoms with Crippen LogP contribution in [0.2, 0.25) is 0 Å². The Labute approximate surface area is 157 Å². The van der Waals surface area contributed by atoms with Gasteiger partial charge in [-0.25, -0.2) is 4.79 Å². The van der Waals surface area contributed by atoms with Gasteiger partial charge in [-0.3, -0.25) is 9.59 Å². The van der Waals surface area contributed by atoms with Gasteiger partial charge in [0.25, 0.3) is 5.91 Å². The molecule has 0 spiro atoms. The highest BCUT2D eigenvalue weighted by Crippen LogP contribution is 2.16. The van der Waals surface area contributed by atoms with Crippen LogP contribution in [0.4, 0.5) is 11.5 Å². The maximum Gasteiger partial charge on any atom is 0.338 e. The highest BCUT2D eigenvalue weighted by atomic mass is 16.5. The molecular weight excluding hydrogens is 350 g/mol. The van der Waals surface area contributed by atoms with Crippen molar-refractivity contribution < 1.29 is 23.6 Å². The molecule has 1 unspecified atom stereocenters. The van der Waals surface area contributed by atoms with Gasteiger partial charge in [0.2, 0.25) is 5.91 Å². The Kier molecular flexibility index (Phi) is 7.10. The van der Waals surface area contributed by atoms with Crippen LogP contribution in [0.3, 0.4) is 0 Å². The summed E-state index contributed by atoms with van der Waals surface area (Å²) in [5.41, 5.74) is 0.720. The van der Waals surface area contributed by atoms with Gasteiger partial charge in [0.1, 0.15) is 5.76 Å². The molecule has 0 saturated heterocycles. The van der Waals surface area contributed by atoms with E-state index in [0.29, 0.717) is 17.9 Å². The molecule has 1 heterocycles. The molecule has 8 nitrogen and oxygen atoms in total. The summed E-state index contributed by atoms with van der Waals surface area (Å²) in [4.78, 5) is 36.1. The maximum absolute atomic E-state index is 12.5. The number of unbranched alkanes of at least 4 members (excludes halogenated alkanes) is 1. The molecule has 1 aromatic heterocycles. The Hall–Kier alpha value is -3.16. The van der Waals surface area contributed by atoms with Gasteiger partial charge in [-0.2, -0.15) is 0 Å². The van der Waals surface area contributed by atoms with Crippen LogP contribution in [0.25, 0.3) is 0 Å². The number of amides is 2. The number of hydrogen-bond donors (Lipinski definition) is 2. The number of anilines is 2. The minimum Gasteiger partial charge on any atom is -0.449 e. The van der Waals surface area contributed by atoms with Gasteiger partial charge in [0.15, 0.2) is 11.9 Å². The van der Waals surface area contributed by atoms with E-state index < -0.39 is 18.0 Å². The third kappa shape index (κ3) is 6.25. The molecule has 2 rings (SSSR count). The molecule has 8 heteroatoms. The van der Waals surface area contributed by atoms with Crippen LogP contribution in [0, 0.1) is 6.92 Å². The predicted octanol–water partition coefficient (Wildman–Crippen LogP) is 3.30. The van der Waals surface area contributed by atoms with Crippen LogP contribution >= 0.6 is 0 Å². The van der Waals surface area contributed by atoms with E-state index in [4.69, 9.17) is 9.26 Å². The van der Waals surface area contributed by atoms with Crippen LogP contribution in [-0.2, 0) is 14.3 Å². The molecule has 144 valence electrons. The third-order valence-electron chi connectivity index (χ3n) is 3.66. The Bertz CT molecular complexity index is 815. The lowest BCUT2D eigenvalue weighted by molar-refractivity contribution is -0.125. The van der Waals surface area contributed by atoms with Gasteiger partial charge in [0, 0.05) is 18.7 Å². The molecule has 1 aromatic carbocycles. The summed E-state index contributed by atoms with van der Waals surface area (Å²) in [6.07, 6.45) is 0.993. The van der Waals surface area contributed by atoms with Crippen molar-refractivity contribution in [1.29, 1.82) is 0 Å². The fourth-order valence-electron chi connectivity index (χ4n) is 2.39. The van der Waals surface area contributed by atoms with Crippen molar-refractivity contribution in [3.05, 3.63) is 41.7 Å². The lowest BCUT2D eigenvalue weighted by Crippen LogP contribution is -2.32. The molecule has 2 aromatic rings. The van der Waals surface area contributed by atoms with Crippen molar-refractivity contribution in [2.45, 2.75) is 46.1 Å². The topological polar surface area (TPSA) is 111 Å². The number of hydrogen-bond acceptors (Lipinski definition) is 6. The highest BCUT2D eigenvalue weighted by molar-refractivity contribution is 5.98. The number of carbonyl (C=O) groups is 3. The fourth-order valence-corrected chi connectivity index (χ4v) is 2.39. The van der Waals surface area contributed by atoms with Crippen molar-refractivity contribution in [3.63, 3.8) is 0 Å². The van der Waals surface area contributed by atoms with Gasteiger partial charge in [-0.05, 0) is 38.0 Å². The van der Waals surface area contributed by atoms with Gasteiger partial charge >= 0.3 is 5.97 Å². The first-order valence-corrected chi connectivity index (χ1v) is 8.72. The van der Waals surface area contributed by atoms with E-state index in [9.17, 15) is 14.4 Å². The molecule has 0 aliphatic carbocycles. The smallest absolute Gasteiger partial charge is 0.338 e. The van der Waals surface area contributed by atoms with Gasteiger partial charge in [-0.15, -0.1) is 0 Å². The summed E-state index contributed by atoms with van der Waals surface area (Å²) < 4.78 is 10.3. The van der Waals surface area contributed by atoms with Crippen LogP contribution in [0.5, 0.6) is 0 Å². The fraction of sp³-hybridized carbons (Fsp3) is 0.368. The number of nitrogens with zero attached hydrogens (tertiary/aromatic N) is 1. The van der Waals surface area contributed by atoms with E-state index in [2.05, 4.69) is 15.8 Å². The minimum atomic E-state index is -0.959. The van der Waals surface area contributed by atoms with E-state index in [1.54, 1.807) is 31.2 Å². The van der Waals surface area contributed by atoms with Gasteiger partial charge < -0.3 is 19.9 Å². The van der Waals surface area contributed by atoms with Gasteiger partial charge in [0.05, 0.1) is 5.56 Å². The molecule has 0 bridgehead atoms. The maximum atomic E-state index is 12.5. The molecule has 2 N–H and O–H groups in total. The summed E-state index contributed by atoms with van der Waals surface area (Å²) in [7, 11) is 0. The van der Waals surface area contributed by atoms with E-state index in [1.165, 1.54) is 13.0 Å². The largest absolute Gasteiger partial charge is 0.449 e. The molecule has 0 radical (unpaired) electrons. The molecule has 2 amide bonds. The standard InChI is InChI=1S/C19H23N3O5/c1-4-5-9-16(18(24)21-17-10-12(2)27-22-17)26-19(25)14-7-6-8-15(11-14)20-13(3)23/h6-8,10-11,16H,4-5,9H2,1-3H3,(H,20,23)(H,21,22,24). The number of aryl methyl sites for hydroxylation is 1. The highest BCUT2D eigenvalue weighted by Gasteiger charge is 2.24. The molecule has 0 saturated carbocycles. The number of ether oxygens (including phenoxy) is 1. The molecule has 27 heavy (non-hydrogen) atoms. The Morgan fingerprint density at radius 2 is 2.00 bits per heavy atom. The van der Waals surface area contributed by atoms with Gasteiger partial charge in [-0.1, -0.05) is 24.6 Å². The van der Waals surface area contributed by atoms with Crippen LogP contribution in [0.15, 0.2) is 34.9 Å². The number of nitrogens with one attached hydrogen (secondary N) is 2. The first-order valence-electron chi connectivity index (χ1n) is 8.72. The molecule has 0 aliphatic rings. The zero-order valence-corrected chi connectivity index (χ0v) is 15.6. The zero-order valence-electron chi connectivity index (χ0n) is 15.6. The van der Waals surface area contributed by atoms with Crippen molar-refractivity contribution in [1.82, 2.24) is 5.16 Å². The second-order valence-electron chi connectivity index (χ2n) is 6.11. The summed E-state index contributed by atoms with van der Waals surface area (Å²) >= 11 is 0. The van der Waals surface area contributed by atoms with Crippen LogP contribution < -0.4 is 10.6 Å². The summed E-state index contributed by atoms with van der Waals surface area (Å²) in [5, 5.41) is 8.90. The monoisotopic (exact) mass is 373 g/mol. The minimum absolute atomic E-state index is 0.243. The van der Waals surface area contributed by atoms with E-state index in [0.717, 1.165) is 12.8 Å². The van der Waals surface area contributed by atoms with E-state index in [1.807, 2.05) is 6.92 Å². The second kappa shape index (κ2) is 9.51. The zero-order chi connectivity index (χ0) is 19.8. The summed E-state index contributed by atoms with van der Waals surface area (Å²) in [6, 6.07) is 7.92. The Morgan fingerprint density at radius 3 is 2.63 bits per heavy atom. The third-order valence-corrected chi connectivity index (χ3v) is 3.66. The van der Waals surface area contributed by atoms with E-state index in [-0.39, 0.29) is 17.3 Å². The molecule has 0 aliphatic heterocycles. The average molecular weight is 373 g/mol. The van der Waals surface area contributed by atoms with Crippen molar-refractivity contribution in [2.75, 3.05) is 10.6 Å². The molecule has 0 fully saturated rings. The number of aromatic nitrogens is 1. The molecule has 1 atom stereocenters. The van der Waals surface area contributed by atoms with Crippen molar-refractivity contribution >= 4 is 29.3 Å². The molecular formula is C19H23N3O5. The first kappa shape index (κ1) is 20.2. The summed E-state index contributed by atoms with van der Waals surface area (Å²) in [5.74, 6) is -0.536. The number of rotatable bonds is 8. The quantitative estimate of drug-likeness (QED) is 0.687. The van der Waals surface area contributed by atoms with Crippen LogP contribution in [0.1, 0.15) is 49.2 Å². The average Bonchev–Trinajstić information content (AvgIpc) is 3.02. The number of esters is 1.